The first-order valence-electron chi connectivity index (χ1n) is 9.69. The molecule has 0 rings (SSSR count). The van der Waals surface area contributed by atoms with Crippen molar-refractivity contribution in [3.8, 4) is 0 Å². The minimum Gasteiger partial charge on any atom is -0.303 e. The smallest absolute Gasteiger partial charge is 0.0105 e. The molecular weight excluding hydrogens is 256 g/mol. The lowest BCUT2D eigenvalue weighted by atomic mass is 10.1. The Balaban J connectivity index is 4.32. The summed E-state index contributed by atoms with van der Waals surface area (Å²) < 4.78 is 0. The Morgan fingerprint density at radius 2 is 1.14 bits per heavy atom. The molecule has 1 unspecified atom stereocenters. The van der Waals surface area contributed by atoms with Crippen LogP contribution in [-0.2, 0) is 0 Å². The van der Waals surface area contributed by atoms with Gasteiger partial charge < -0.3 is 9.80 Å². The van der Waals surface area contributed by atoms with Gasteiger partial charge >= 0.3 is 0 Å². The van der Waals surface area contributed by atoms with Crippen LogP contribution in [0.1, 0.15) is 86.0 Å². The van der Waals surface area contributed by atoms with Crippen LogP contribution in [0.4, 0.5) is 0 Å². The summed E-state index contributed by atoms with van der Waals surface area (Å²) in [6.45, 7) is 18.0. The summed E-state index contributed by atoms with van der Waals surface area (Å²) in [6, 6.07) is 0.788. The van der Waals surface area contributed by atoms with Gasteiger partial charge in [-0.2, -0.15) is 0 Å². The number of rotatable bonds is 15. The molecule has 0 amide bonds. The predicted molar refractivity (Wildman–Crippen MR) is 97.1 cm³/mol. The average molecular weight is 299 g/mol. The summed E-state index contributed by atoms with van der Waals surface area (Å²) in [4.78, 5) is 5.45. The fourth-order valence-corrected chi connectivity index (χ4v) is 3.13. The summed E-state index contributed by atoms with van der Waals surface area (Å²) in [5.74, 6) is 0. The molecule has 0 spiro atoms. The predicted octanol–water partition coefficient (Wildman–Crippen LogP) is 5.18. The van der Waals surface area contributed by atoms with E-state index in [1.807, 2.05) is 0 Å². The van der Waals surface area contributed by atoms with Gasteiger partial charge in [0.05, 0.1) is 0 Å². The molecule has 1 atom stereocenters. The van der Waals surface area contributed by atoms with E-state index in [-0.39, 0.29) is 0 Å². The molecule has 21 heavy (non-hydrogen) atoms. The highest BCUT2D eigenvalue weighted by atomic mass is 15.2. The molecule has 0 aliphatic carbocycles. The van der Waals surface area contributed by atoms with Gasteiger partial charge in [-0.25, -0.2) is 0 Å². The van der Waals surface area contributed by atoms with Crippen molar-refractivity contribution < 1.29 is 0 Å². The summed E-state index contributed by atoms with van der Waals surface area (Å²) in [7, 11) is 0. The Kier molecular flexibility index (Phi) is 14.8. The quantitative estimate of drug-likeness (QED) is 0.411. The van der Waals surface area contributed by atoms with Crippen LogP contribution < -0.4 is 0 Å². The van der Waals surface area contributed by atoms with Gasteiger partial charge in [0.2, 0.25) is 0 Å². The van der Waals surface area contributed by atoms with Crippen LogP contribution in [0.15, 0.2) is 0 Å². The SMILES string of the molecule is CCCCN(CCCC)CCC(CC)N(CCC)CCC. The molecule has 0 aromatic heterocycles. The van der Waals surface area contributed by atoms with Crippen LogP contribution >= 0.6 is 0 Å². The van der Waals surface area contributed by atoms with Gasteiger partial charge in [0, 0.05) is 6.04 Å². The largest absolute Gasteiger partial charge is 0.303 e. The van der Waals surface area contributed by atoms with E-state index in [9.17, 15) is 0 Å². The Bertz CT molecular complexity index is 192. The lowest BCUT2D eigenvalue weighted by Gasteiger charge is -2.32. The number of hydrogen-bond acceptors (Lipinski definition) is 2. The van der Waals surface area contributed by atoms with Crippen LogP contribution in [0.25, 0.3) is 0 Å². The fourth-order valence-electron chi connectivity index (χ4n) is 3.13. The van der Waals surface area contributed by atoms with Gasteiger partial charge in [-0.1, -0.05) is 47.5 Å². The molecule has 0 radical (unpaired) electrons. The summed E-state index contributed by atoms with van der Waals surface area (Å²) in [6.07, 6.45) is 10.6. The molecular formula is C19H42N2. The third-order valence-corrected chi connectivity index (χ3v) is 4.44. The van der Waals surface area contributed by atoms with Crippen LogP contribution in [0.5, 0.6) is 0 Å². The van der Waals surface area contributed by atoms with E-state index in [0.717, 1.165) is 6.04 Å². The Labute approximate surface area is 135 Å². The highest BCUT2D eigenvalue weighted by Crippen LogP contribution is 2.12. The molecule has 0 fully saturated rings. The number of hydrogen-bond donors (Lipinski definition) is 0. The minimum absolute atomic E-state index is 0.788. The van der Waals surface area contributed by atoms with E-state index in [1.54, 1.807) is 0 Å². The average Bonchev–Trinajstić information content (AvgIpc) is 2.50. The molecule has 128 valence electrons. The van der Waals surface area contributed by atoms with E-state index in [0.29, 0.717) is 0 Å². The number of unbranched alkanes of at least 4 members (excludes halogenated alkanes) is 2. The van der Waals surface area contributed by atoms with Crippen LogP contribution in [0.2, 0.25) is 0 Å². The van der Waals surface area contributed by atoms with Crippen molar-refractivity contribution in [1.29, 1.82) is 0 Å². The van der Waals surface area contributed by atoms with Gasteiger partial charge in [0.25, 0.3) is 0 Å². The van der Waals surface area contributed by atoms with Crippen molar-refractivity contribution >= 4 is 0 Å². The Morgan fingerprint density at radius 1 is 0.619 bits per heavy atom. The van der Waals surface area contributed by atoms with Gasteiger partial charge in [-0.05, 0) is 71.2 Å². The molecule has 0 bridgehead atoms. The van der Waals surface area contributed by atoms with Crippen molar-refractivity contribution in [2.24, 2.45) is 0 Å². The van der Waals surface area contributed by atoms with Crippen LogP contribution in [0.3, 0.4) is 0 Å². The standard InChI is InChI=1S/C19H42N2/c1-6-11-16-20(17-12-7-2)18-13-19(10-5)21(14-8-3)15-9-4/h19H,6-18H2,1-5H3. The molecule has 2 nitrogen and oxygen atoms in total. The zero-order valence-corrected chi connectivity index (χ0v) is 15.7. The van der Waals surface area contributed by atoms with E-state index in [1.165, 1.54) is 84.1 Å². The van der Waals surface area contributed by atoms with Crippen molar-refractivity contribution in [3.63, 3.8) is 0 Å². The lowest BCUT2D eigenvalue weighted by Crippen LogP contribution is -2.39. The maximum Gasteiger partial charge on any atom is 0.0105 e. The zero-order chi connectivity index (χ0) is 15.9. The lowest BCUT2D eigenvalue weighted by molar-refractivity contribution is 0.157. The van der Waals surface area contributed by atoms with Crippen LogP contribution in [-0.4, -0.2) is 48.6 Å². The van der Waals surface area contributed by atoms with Gasteiger partial charge in [-0.3, -0.25) is 0 Å². The second-order valence-corrected chi connectivity index (χ2v) is 6.44. The summed E-state index contributed by atoms with van der Waals surface area (Å²) >= 11 is 0. The van der Waals surface area contributed by atoms with Crippen molar-refractivity contribution in [3.05, 3.63) is 0 Å². The van der Waals surface area contributed by atoms with E-state index >= 15 is 0 Å². The topological polar surface area (TPSA) is 6.48 Å². The maximum absolute atomic E-state index is 2.73. The molecule has 0 aliphatic heterocycles. The van der Waals surface area contributed by atoms with Crippen molar-refractivity contribution in [2.45, 2.75) is 92.0 Å². The molecule has 0 N–H and O–H groups in total. The van der Waals surface area contributed by atoms with Gasteiger partial charge in [0.15, 0.2) is 0 Å². The van der Waals surface area contributed by atoms with Crippen LogP contribution in [0, 0.1) is 0 Å². The molecule has 0 aliphatic rings. The highest BCUT2D eigenvalue weighted by Gasteiger charge is 2.16. The Morgan fingerprint density at radius 3 is 1.52 bits per heavy atom. The van der Waals surface area contributed by atoms with Crippen molar-refractivity contribution in [1.82, 2.24) is 9.80 Å². The van der Waals surface area contributed by atoms with Crippen molar-refractivity contribution in [2.75, 3.05) is 32.7 Å². The Hall–Kier alpha value is -0.0800. The second-order valence-electron chi connectivity index (χ2n) is 6.44. The molecule has 0 aromatic rings. The summed E-state index contributed by atoms with van der Waals surface area (Å²) in [5, 5.41) is 0. The van der Waals surface area contributed by atoms with Gasteiger partial charge in [-0.15, -0.1) is 0 Å². The number of nitrogens with zero attached hydrogens (tertiary/aromatic N) is 2. The normalized spacial score (nSPS) is 13.3. The first-order valence-corrected chi connectivity index (χ1v) is 9.69. The maximum atomic E-state index is 2.73. The third kappa shape index (κ3) is 10.3. The second kappa shape index (κ2) is 14.8. The monoisotopic (exact) mass is 298 g/mol. The third-order valence-electron chi connectivity index (χ3n) is 4.44. The minimum atomic E-state index is 0.788. The zero-order valence-electron chi connectivity index (χ0n) is 15.7. The van der Waals surface area contributed by atoms with Gasteiger partial charge in [0.1, 0.15) is 0 Å². The van der Waals surface area contributed by atoms with E-state index < -0.39 is 0 Å². The molecule has 0 saturated heterocycles. The fraction of sp³-hybridized carbons (Fsp3) is 1.00. The van der Waals surface area contributed by atoms with E-state index in [4.69, 9.17) is 0 Å². The summed E-state index contributed by atoms with van der Waals surface area (Å²) in [5.41, 5.74) is 0. The first-order chi connectivity index (χ1) is 10.2. The first kappa shape index (κ1) is 20.9. The molecule has 0 aromatic carbocycles. The molecule has 0 heterocycles. The molecule has 2 heteroatoms. The highest BCUT2D eigenvalue weighted by molar-refractivity contribution is 4.72. The molecule has 0 saturated carbocycles. The van der Waals surface area contributed by atoms with E-state index in [2.05, 4.69) is 44.4 Å².